The van der Waals surface area contributed by atoms with Crippen molar-refractivity contribution in [2.75, 3.05) is 11.9 Å². The summed E-state index contributed by atoms with van der Waals surface area (Å²) in [7, 11) is 0. The van der Waals surface area contributed by atoms with Crippen LogP contribution in [0.1, 0.15) is 36.1 Å². The second-order valence-corrected chi connectivity index (χ2v) is 4.91. The fraction of sp³-hybridized carbons (Fsp3) is 0.400. The number of nitrogens with zero attached hydrogens (tertiary/aromatic N) is 1. The minimum atomic E-state index is 0.633. The lowest BCUT2D eigenvalue weighted by molar-refractivity contribution is 0.579. The van der Waals surface area contributed by atoms with Gasteiger partial charge in [-0.05, 0) is 37.7 Å². The van der Waals surface area contributed by atoms with Gasteiger partial charge < -0.3 is 5.32 Å². The highest BCUT2D eigenvalue weighted by molar-refractivity contribution is 5.49. The number of anilines is 1. The van der Waals surface area contributed by atoms with Crippen LogP contribution in [0, 0.1) is 0 Å². The smallest absolute Gasteiger partial charge is 0.151 e. The van der Waals surface area contributed by atoms with Crippen LogP contribution in [0.25, 0.3) is 0 Å². The molecule has 0 aliphatic heterocycles. The summed E-state index contributed by atoms with van der Waals surface area (Å²) in [5, 5.41) is 10.9. The van der Waals surface area contributed by atoms with E-state index in [1.165, 1.54) is 23.2 Å². The summed E-state index contributed by atoms with van der Waals surface area (Å²) in [6, 6.07) is 10.8. The number of rotatable bonds is 3. The Morgan fingerprint density at radius 2 is 2.17 bits per heavy atom. The third kappa shape index (κ3) is 2.01. The summed E-state index contributed by atoms with van der Waals surface area (Å²) in [6.07, 6.45) is 3.41. The van der Waals surface area contributed by atoms with E-state index in [0.29, 0.717) is 5.92 Å². The van der Waals surface area contributed by atoms with Crippen LogP contribution in [0.15, 0.2) is 30.3 Å². The number of aryl methyl sites for hydroxylation is 1. The van der Waals surface area contributed by atoms with E-state index in [9.17, 15) is 0 Å². The number of H-pyrrole nitrogens is 1. The number of fused-ring (bicyclic) bond motifs is 1. The van der Waals surface area contributed by atoms with Gasteiger partial charge in [0.05, 0.1) is 0 Å². The molecule has 0 bridgehead atoms. The van der Waals surface area contributed by atoms with Gasteiger partial charge in [0, 0.05) is 17.8 Å². The molecule has 2 aromatic rings. The molecule has 0 fully saturated rings. The largest absolute Gasteiger partial charge is 0.369 e. The average molecular weight is 241 g/mol. The van der Waals surface area contributed by atoms with Crippen molar-refractivity contribution in [1.29, 1.82) is 0 Å². The lowest BCUT2D eigenvalue weighted by Gasteiger charge is -2.22. The Morgan fingerprint density at radius 1 is 1.33 bits per heavy atom. The standard InChI is InChI=1S/C15H19N3/c1-2-16-15-13-10-12(8-9-14(13)17-18-15)11-6-4-3-5-7-11/h3-7,12H,2,8-10H2,1H3,(H2,16,17,18). The molecule has 3 rings (SSSR count). The van der Waals surface area contributed by atoms with Crippen LogP contribution >= 0.6 is 0 Å². The van der Waals surface area contributed by atoms with Crippen molar-refractivity contribution in [3.8, 4) is 0 Å². The Labute approximate surface area is 108 Å². The lowest BCUT2D eigenvalue weighted by Crippen LogP contribution is -2.13. The van der Waals surface area contributed by atoms with Gasteiger partial charge in [-0.25, -0.2) is 0 Å². The van der Waals surface area contributed by atoms with E-state index in [1.54, 1.807) is 0 Å². The normalized spacial score (nSPS) is 18.4. The topological polar surface area (TPSA) is 40.7 Å². The first-order valence-corrected chi connectivity index (χ1v) is 6.73. The quantitative estimate of drug-likeness (QED) is 0.866. The molecule has 1 aliphatic rings. The molecule has 1 heterocycles. The molecule has 0 radical (unpaired) electrons. The van der Waals surface area contributed by atoms with E-state index < -0.39 is 0 Å². The van der Waals surface area contributed by atoms with Crippen molar-refractivity contribution in [2.45, 2.75) is 32.1 Å². The number of hydrogen-bond acceptors (Lipinski definition) is 2. The molecule has 0 amide bonds. The van der Waals surface area contributed by atoms with Crippen LogP contribution in [-0.4, -0.2) is 16.7 Å². The van der Waals surface area contributed by atoms with Gasteiger partial charge >= 0.3 is 0 Å². The van der Waals surface area contributed by atoms with E-state index in [2.05, 4.69) is 52.8 Å². The molecule has 0 saturated carbocycles. The van der Waals surface area contributed by atoms with Crippen molar-refractivity contribution < 1.29 is 0 Å². The zero-order valence-electron chi connectivity index (χ0n) is 10.7. The predicted molar refractivity (Wildman–Crippen MR) is 74.0 cm³/mol. The molecule has 1 unspecified atom stereocenters. The van der Waals surface area contributed by atoms with Gasteiger partial charge in [0.15, 0.2) is 5.82 Å². The van der Waals surface area contributed by atoms with Gasteiger partial charge in [-0.1, -0.05) is 30.3 Å². The van der Waals surface area contributed by atoms with E-state index in [-0.39, 0.29) is 0 Å². The molecular weight excluding hydrogens is 222 g/mol. The Kier molecular flexibility index (Phi) is 3.05. The molecule has 1 atom stereocenters. The number of hydrogen-bond donors (Lipinski definition) is 2. The number of aromatic nitrogens is 2. The zero-order valence-corrected chi connectivity index (χ0v) is 10.7. The van der Waals surface area contributed by atoms with Crippen LogP contribution < -0.4 is 5.32 Å². The molecule has 94 valence electrons. The van der Waals surface area contributed by atoms with Gasteiger partial charge in [0.25, 0.3) is 0 Å². The maximum atomic E-state index is 4.38. The highest BCUT2D eigenvalue weighted by Crippen LogP contribution is 2.34. The first-order chi connectivity index (χ1) is 8.88. The molecule has 2 N–H and O–H groups in total. The molecule has 3 nitrogen and oxygen atoms in total. The SMILES string of the molecule is CCNc1n[nH]c2c1CC(c1ccccc1)CC2. The molecular formula is C15H19N3. The van der Waals surface area contributed by atoms with Crippen molar-refractivity contribution in [1.82, 2.24) is 10.2 Å². The maximum absolute atomic E-state index is 4.38. The summed E-state index contributed by atoms with van der Waals surface area (Å²) < 4.78 is 0. The van der Waals surface area contributed by atoms with Crippen LogP contribution in [0.2, 0.25) is 0 Å². The van der Waals surface area contributed by atoms with Gasteiger partial charge in [-0.15, -0.1) is 0 Å². The van der Waals surface area contributed by atoms with Crippen molar-refractivity contribution in [3.63, 3.8) is 0 Å². The molecule has 1 aromatic heterocycles. The molecule has 18 heavy (non-hydrogen) atoms. The third-order valence-corrected chi connectivity index (χ3v) is 3.76. The minimum Gasteiger partial charge on any atom is -0.369 e. The van der Waals surface area contributed by atoms with E-state index >= 15 is 0 Å². The molecule has 3 heteroatoms. The van der Waals surface area contributed by atoms with Crippen LogP contribution in [0.3, 0.4) is 0 Å². The first kappa shape index (κ1) is 11.3. The summed E-state index contributed by atoms with van der Waals surface area (Å²) >= 11 is 0. The number of nitrogens with one attached hydrogen (secondary N) is 2. The zero-order chi connectivity index (χ0) is 12.4. The number of benzene rings is 1. The fourth-order valence-corrected chi connectivity index (χ4v) is 2.82. The second-order valence-electron chi connectivity index (χ2n) is 4.91. The molecule has 1 aromatic carbocycles. The Bertz CT molecular complexity index is 516. The second kappa shape index (κ2) is 4.84. The fourth-order valence-electron chi connectivity index (χ4n) is 2.82. The third-order valence-electron chi connectivity index (χ3n) is 3.76. The van der Waals surface area contributed by atoms with E-state index in [4.69, 9.17) is 0 Å². The predicted octanol–water partition coefficient (Wildman–Crippen LogP) is 3.11. The van der Waals surface area contributed by atoms with Crippen molar-refractivity contribution in [2.24, 2.45) is 0 Å². The van der Waals surface area contributed by atoms with E-state index in [0.717, 1.165) is 25.2 Å². The van der Waals surface area contributed by atoms with Gasteiger partial charge in [0.1, 0.15) is 0 Å². The van der Waals surface area contributed by atoms with Gasteiger partial charge in [-0.2, -0.15) is 5.10 Å². The molecule has 0 spiro atoms. The average Bonchev–Trinajstić information content (AvgIpc) is 2.83. The highest BCUT2D eigenvalue weighted by Gasteiger charge is 2.24. The van der Waals surface area contributed by atoms with Crippen LogP contribution in [0.5, 0.6) is 0 Å². The van der Waals surface area contributed by atoms with Crippen molar-refractivity contribution >= 4 is 5.82 Å². The summed E-state index contributed by atoms with van der Waals surface area (Å²) in [6.45, 7) is 3.03. The lowest BCUT2D eigenvalue weighted by atomic mass is 9.83. The van der Waals surface area contributed by atoms with Gasteiger partial charge in [0.2, 0.25) is 0 Å². The first-order valence-electron chi connectivity index (χ1n) is 6.73. The summed E-state index contributed by atoms with van der Waals surface area (Å²) in [5.74, 6) is 1.68. The van der Waals surface area contributed by atoms with Crippen LogP contribution in [0.4, 0.5) is 5.82 Å². The monoisotopic (exact) mass is 241 g/mol. The Morgan fingerprint density at radius 3 is 2.94 bits per heavy atom. The summed E-state index contributed by atoms with van der Waals surface area (Å²) in [5.41, 5.74) is 4.15. The Hall–Kier alpha value is -1.77. The maximum Gasteiger partial charge on any atom is 0.151 e. The van der Waals surface area contributed by atoms with Crippen LogP contribution in [-0.2, 0) is 12.8 Å². The van der Waals surface area contributed by atoms with E-state index in [1.807, 2.05) is 0 Å². The number of aromatic amines is 1. The minimum absolute atomic E-state index is 0.633. The molecule has 1 aliphatic carbocycles. The molecule has 0 saturated heterocycles. The van der Waals surface area contributed by atoms with Crippen molar-refractivity contribution in [3.05, 3.63) is 47.2 Å². The highest BCUT2D eigenvalue weighted by atomic mass is 15.2. The Balaban J connectivity index is 1.86. The summed E-state index contributed by atoms with van der Waals surface area (Å²) in [4.78, 5) is 0. The van der Waals surface area contributed by atoms with Gasteiger partial charge in [-0.3, -0.25) is 5.10 Å².